The number of allylic oxidation sites excluding steroid dienone is 1. The van der Waals surface area contributed by atoms with Crippen molar-refractivity contribution in [3.63, 3.8) is 0 Å². The highest BCUT2D eigenvalue weighted by Crippen LogP contribution is 2.41. The molecular formula is C28H22ClF10NO2. The van der Waals surface area contributed by atoms with Crippen molar-refractivity contribution >= 4 is 41.3 Å². The normalized spacial score (nSPS) is 14.2. The first-order valence-electron chi connectivity index (χ1n) is 11.8. The molecule has 42 heavy (non-hydrogen) atoms. The van der Waals surface area contributed by atoms with Crippen LogP contribution in [0.15, 0.2) is 49.6 Å². The van der Waals surface area contributed by atoms with Gasteiger partial charge >= 0.3 is 18.5 Å². The Balaban J connectivity index is 2.51. The Morgan fingerprint density at radius 3 is 1.95 bits per heavy atom. The van der Waals surface area contributed by atoms with Crippen molar-refractivity contribution in [3.05, 3.63) is 88.0 Å². The summed E-state index contributed by atoms with van der Waals surface area (Å²) in [6, 6.07) is 3.26. The van der Waals surface area contributed by atoms with Gasteiger partial charge in [0.15, 0.2) is 5.78 Å². The summed E-state index contributed by atoms with van der Waals surface area (Å²) in [5.74, 6) is -8.36. The number of nitrogens with one attached hydrogen (secondary N) is 1. The number of benzene rings is 2. The molecule has 228 valence electrons. The highest BCUT2D eigenvalue weighted by Gasteiger charge is 2.41. The van der Waals surface area contributed by atoms with Crippen LogP contribution in [0.4, 0.5) is 43.9 Å². The predicted octanol–water partition coefficient (Wildman–Crippen LogP) is 9.19. The number of rotatable bonds is 10. The van der Waals surface area contributed by atoms with Gasteiger partial charge in [-0.15, -0.1) is 0 Å². The van der Waals surface area contributed by atoms with E-state index in [0.29, 0.717) is 12.1 Å². The zero-order chi connectivity index (χ0) is 32.2. The molecule has 2 aromatic carbocycles. The van der Waals surface area contributed by atoms with Crippen LogP contribution in [-0.4, -0.2) is 30.6 Å². The summed E-state index contributed by atoms with van der Waals surface area (Å²) < 4.78 is 135. The molecule has 0 heterocycles. The lowest BCUT2D eigenvalue weighted by molar-refractivity contribution is -0.140. The minimum atomic E-state index is -5.29. The molecule has 2 rings (SSSR count). The van der Waals surface area contributed by atoms with Gasteiger partial charge in [-0.05, 0) is 41.0 Å². The lowest BCUT2D eigenvalue weighted by Gasteiger charge is -2.20. The summed E-state index contributed by atoms with van der Waals surface area (Å²) in [4.78, 5) is 24.4. The van der Waals surface area contributed by atoms with Crippen LogP contribution < -0.4 is 5.32 Å². The van der Waals surface area contributed by atoms with Crippen LogP contribution in [-0.2, 0) is 11.0 Å². The van der Waals surface area contributed by atoms with Crippen molar-refractivity contribution in [2.24, 2.45) is 5.92 Å². The molecule has 0 fully saturated rings. The maximum absolute atomic E-state index is 15.1. The van der Waals surface area contributed by atoms with Gasteiger partial charge in [0, 0.05) is 23.5 Å². The molecule has 0 aliphatic rings. The van der Waals surface area contributed by atoms with Crippen LogP contribution in [0.2, 0.25) is 5.02 Å². The standard InChI is InChI=1S/C28H22ClF10NO2/c1-4-15-9-18(10-16(5-2)24(15)29)20(27(34,35)36)12-22(30)17-6-7-19(21(11-17)28(37,38)39)23(41)8-14(3)25(42)40-13-26(31,32)33/h4-7,9-12,14,20H,1-2,8,13H2,3H3,(H,40,42)/b22-12-/t14-,20?/m0/s1. The number of carbonyl (C=O) groups excluding carboxylic acids is 2. The molecule has 0 radical (unpaired) electrons. The first-order valence-corrected chi connectivity index (χ1v) is 12.2. The first-order chi connectivity index (χ1) is 19.2. The largest absolute Gasteiger partial charge is 0.417 e. The highest BCUT2D eigenvalue weighted by atomic mass is 35.5. The summed E-state index contributed by atoms with van der Waals surface area (Å²) in [5, 5.41) is 1.53. The Labute approximate surface area is 238 Å². The minimum absolute atomic E-state index is 0.0244. The molecule has 1 N–H and O–H groups in total. The molecule has 2 atom stereocenters. The Morgan fingerprint density at radius 1 is 0.952 bits per heavy atom. The summed E-state index contributed by atoms with van der Waals surface area (Å²) >= 11 is 6.07. The second-order valence-corrected chi connectivity index (χ2v) is 9.45. The van der Waals surface area contributed by atoms with Gasteiger partial charge in [0.05, 0.1) is 10.6 Å². The number of halogens is 11. The fraction of sp³-hybridized carbons (Fsp3) is 0.286. The minimum Gasteiger partial charge on any atom is -0.347 e. The van der Waals surface area contributed by atoms with Gasteiger partial charge < -0.3 is 5.32 Å². The third-order valence-electron chi connectivity index (χ3n) is 5.92. The summed E-state index contributed by atoms with van der Waals surface area (Å²) in [6.45, 7) is 6.18. The topological polar surface area (TPSA) is 46.2 Å². The average Bonchev–Trinajstić information content (AvgIpc) is 2.88. The third kappa shape index (κ3) is 8.94. The van der Waals surface area contributed by atoms with Crippen molar-refractivity contribution in [2.45, 2.75) is 37.8 Å². The van der Waals surface area contributed by atoms with Crippen molar-refractivity contribution in [2.75, 3.05) is 6.54 Å². The maximum Gasteiger partial charge on any atom is 0.417 e. The van der Waals surface area contributed by atoms with E-state index in [0.717, 1.165) is 31.2 Å². The van der Waals surface area contributed by atoms with E-state index in [2.05, 4.69) is 13.2 Å². The van der Waals surface area contributed by atoms with Crippen LogP contribution in [0.1, 0.15) is 57.4 Å². The number of carbonyl (C=O) groups is 2. The van der Waals surface area contributed by atoms with Crippen molar-refractivity contribution in [1.29, 1.82) is 0 Å². The summed E-state index contributed by atoms with van der Waals surface area (Å²) in [6.07, 6.45) is -13.7. The van der Waals surface area contributed by atoms with Gasteiger partial charge in [-0.2, -0.15) is 39.5 Å². The molecule has 3 nitrogen and oxygen atoms in total. The van der Waals surface area contributed by atoms with Crippen LogP contribution in [0.3, 0.4) is 0 Å². The Kier molecular flexibility index (Phi) is 10.8. The van der Waals surface area contributed by atoms with Gasteiger partial charge in [0.1, 0.15) is 18.3 Å². The lowest BCUT2D eigenvalue weighted by Crippen LogP contribution is -2.37. The number of alkyl halides is 9. The van der Waals surface area contributed by atoms with E-state index >= 15 is 4.39 Å². The monoisotopic (exact) mass is 629 g/mol. The van der Waals surface area contributed by atoms with Crippen molar-refractivity contribution in [1.82, 2.24) is 5.32 Å². The van der Waals surface area contributed by atoms with Gasteiger partial charge in [0.2, 0.25) is 5.91 Å². The van der Waals surface area contributed by atoms with Gasteiger partial charge in [-0.3, -0.25) is 9.59 Å². The van der Waals surface area contributed by atoms with Gasteiger partial charge in [-0.1, -0.05) is 56.0 Å². The third-order valence-corrected chi connectivity index (χ3v) is 6.36. The Bertz CT molecular complexity index is 1360. The van der Waals surface area contributed by atoms with E-state index in [-0.39, 0.29) is 28.3 Å². The molecule has 2 aromatic rings. The number of ketones is 1. The van der Waals surface area contributed by atoms with Crippen LogP contribution in [0.25, 0.3) is 18.0 Å². The van der Waals surface area contributed by atoms with E-state index in [9.17, 15) is 49.1 Å². The molecule has 14 heteroatoms. The van der Waals surface area contributed by atoms with Gasteiger partial charge in [0.25, 0.3) is 0 Å². The van der Waals surface area contributed by atoms with E-state index in [1.54, 1.807) is 0 Å². The number of hydrogen-bond donors (Lipinski definition) is 1. The van der Waals surface area contributed by atoms with Crippen LogP contribution >= 0.6 is 11.6 Å². The summed E-state index contributed by atoms with van der Waals surface area (Å²) in [7, 11) is 0. The van der Waals surface area contributed by atoms with E-state index in [1.165, 1.54) is 5.32 Å². The Hall–Kier alpha value is -3.61. The molecule has 1 amide bonds. The number of Topliss-reactive ketones (excluding diaryl/α,β-unsaturated/α-hetero) is 1. The van der Waals surface area contributed by atoms with Gasteiger partial charge in [-0.25, -0.2) is 4.39 Å². The lowest BCUT2D eigenvalue weighted by atomic mass is 9.91. The molecule has 0 aliphatic heterocycles. The first kappa shape index (κ1) is 34.6. The number of amides is 1. The second kappa shape index (κ2) is 13.1. The fourth-order valence-corrected chi connectivity index (χ4v) is 4.07. The molecular weight excluding hydrogens is 608 g/mol. The van der Waals surface area contributed by atoms with Crippen molar-refractivity contribution in [3.8, 4) is 0 Å². The van der Waals surface area contributed by atoms with Crippen molar-refractivity contribution < 1.29 is 53.5 Å². The van der Waals surface area contributed by atoms with Crippen LogP contribution in [0, 0.1) is 5.92 Å². The SMILES string of the molecule is C=Cc1cc(C(/C=C(\F)c2ccc(C(=O)C[C@H](C)C(=O)NCC(F)(F)F)c(C(F)(F)F)c2)C(F)(F)F)cc(C=C)c1Cl. The Morgan fingerprint density at radius 2 is 1.50 bits per heavy atom. The van der Waals surface area contributed by atoms with E-state index in [1.807, 2.05) is 0 Å². The quantitative estimate of drug-likeness (QED) is 0.210. The molecule has 0 saturated heterocycles. The smallest absolute Gasteiger partial charge is 0.347 e. The molecule has 1 unspecified atom stereocenters. The second-order valence-electron chi connectivity index (χ2n) is 9.07. The van der Waals surface area contributed by atoms with Crippen LogP contribution in [0.5, 0.6) is 0 Å². The highest BCUT2D eigenvalue weighted by molar-refractivity contribution is 6.33. The predicted molar refractivity (Wildman–Crippen MR) is 138 cm³/mol. The molecule has 0 spiro atoms. The molecule has 0 bridgehead atoms. The maximum atomic E-state index is 15.1. The average molecular weight is 630 g/mol. The zero-order valence-electron chi connectivity index (χ0n) is 21.6. The van der Waals surface area contributed by atoms with E-state index < -0.39 is 83.1 Å². The molecule has 0 saturated carbocycles. The zero-order valence-corrected chi connectivity index (χ0v) is 22.3. The van der Waals surface area contributed by atoms with E-state index in [4.69, 9.17) is 11.6 Å². The fourth-order valence-electron chi connectivity index (χ4n) is 3.81. The molecule has 0 aromatic heterocycles. The molecule has 0 aliphatic carbocycles. The number of hydrogen-bond acceptors (Lipinski definition) is 2. The summed E-state index contributed by atoms with van der Waals surface area (Å²) in [5.41, 5.74) is -4.08.